The molecule has 3 heterocycles. The Bertz CT molecular complexity index is 1260. The fourth-order valence-corrected chi connectivity index (χ4v) is 4.07. The lowest BCUT2D eigenvalue weighted by molar-refractivity contribution is -0.132. The molecule has 0 N–H and O–H groups in total. The van der Waals surface area contributed by atoms with Crippen molar-refractivity contribution in [3.05, 3.63) is 70.9 Å². The van der Waals surface area contributed by atoms with Crippen LogP contribution in [0.4, 0.5) is 0 Å². The van der Waals surface area contributed by atoms with E-state index in [1.54, 1.807) is 17.0 Å². The fourth-order valence-electron chi connectivity index (χ4n) is 4.07. The second kappa shape index (κ2) is 7.16. The highest BCUT2D eigenvalue weighted by Crippen LogP contribution is 2.23. The van der Waals surface area contributed by atoms with E-state index in [1.807, 2.05) is 47.4 Å². The first-order valence-electron chi connectivity index (χ1n) is 9.77. The number of hydrogen-bond acceptors (Lipinski definition) is 5. The van der Waals surface area contributed by atoms with E-state index in [0.717, 1.165) is 18.2 Å². The molecular formula is C22H20N4O3. The van der Waals surface area contributed by atoms with E-state index >= 15 is 0 Å². The third-order valence-corrected chi connectivity index (χ3v) is 5.60. The summed E-state index contributed by atoms with van der Waals surface area (Å²) in [4.78, 5) is 32.1. The van der Waals surface area contributed by atoms with E-state index in [-0.39, 0.29) is 23.9 Å². The van der Waals surface area contributed by atoms with Crippen LogP contribution in [-0.2, 0) is 11.2 Å². The van der Waals surface area contributed by atoms with Crippen molar-refractivity contribution in [2.75, 3.05) is 13.1 Å². The number of aromatic nitrogens is 3. The zero-order chi connectivity index (χ0) is 19.8. The van der Waals surface area contributed by atoms with Crippen LogP contribution in [0.15, 0.2) is 64.2 Å². The van der Waals surface area contributed by atoms with Crippen LogP contribution >= 0.6 is 0 Å². The molecule has 0 radical (unpaired) electrons. The van der Waals surface area contributed by atoms with E-state index in [9.17, 15) is 9.59 Å². The summed E-state index contributed by atoms with van der Waals surface area (Å²) < 4.78 is 6.98. The van der Waals surface area contributed by atoms with Gasteiger partial charge in [0.25, 0.3) is 5.56 Å². The van der Waals surface area contributed by atoms with E-state index in [4.69, 9.17) is 4.52 Å². The molecule has 0 bridgehead atoms. The Hall–Kier alpha value is -3.48. The maximum atomic E-state index is 12.9. The quantitative estimate of drug-likeness (QED) is 0.539. The second-order valence-electron chi connectivity index (χ2n) is 7.41. The topological polar surface area (TPSA) is 81.2 Å². The van der Waals surface area contributed by atoms with Gasteiger partial charge in [0.1, 0.15) is 5.69 Å². The largest absolute Gasteiger partial charge is 0.356 e. The highest BCUT2D eigenvalue weighted by molar-refractivity contribution is 5.86. The summed E-state index contributed by atoms with van der Waals surface area (Å²) >= 11 is 0. The van der Waals surface area contributed by atoms with Gasteiger partial charge in [-0.25, -0.2) is 4.98 Å². The molecule has 146 valence electrons. The number of fused-ring (bicyclic) bond motifs is 2. The molecule has 1 aliphatic heterocycles. The van der Waals surface area contributed by atoms with Gasteiger partial charge in [0.15, 0.2) is 5.58 Å². The van der Waals surface area contributed by atoms with Gasteiger partial charge in [-0.3, -0.25) is 14.2 Å². The van der Waals surface area contributed by atoms with Crippen molar-refractivity contribution >= 4 is 27.8 Å². The number of likely N-dealkylation sites (tertiary alicyclic amines) is 1. The van der Waals surface area contributed by atoms with Crippen LogP contribution in [0.25, 0.3) is 21.9 Å². The standard InChI is InChI=1S/C22H20N4O3/c27-21(12-19-16-7-2-4-10-20(16)29-24-19)25-11-5-6-15(13-25)26-14-23-18-9-3-1-8-17(18)22(26)28/h1-4,7-10,14-15H,5-6,11-13H2. The molecule has 1 saturated heterocycles. The van der Waals surface area contributed by atoms with Gasteiger partial charge in [0.2, 0.25) is 5.91 Å². The molecule has 1 atom stereocenters. The van der Waals surface area contributed by atoms with Crippen LogP contribution in [-0.4, -0.2) is 38.6 Å². The second-order valence-corrected chi connectivity index (χ2v) is 7.41. The van der Waals surface area contributed by atoms with Crippen molar-refractivity contribution < 1.29 is 9.32 Å². The summed E-state index contributed by atoms with van der Waals surface area (Å²) in [5.41, 5.74) is 1.96. The molecule has 0 spiro atoms. The van der Waals surface area contributed by atoms with Gasteiger partial charge in [0.05, 0.1) is 29.7 Å². The molecule has 7 heteroatoms. The van der Waals surface area contributed by atoms with Gasteiger partial charge in [-0.1, -0.05) is 29.4 Å². The SMILES string of the molecule is O=C(Cc1noc2ccccc12)N1CCCC(n2cnc3ccccc3c2=O)C1. The molecule has 5 rings (SSSR count). The van der Waals surface area contributed by atoms with Crippen LogP contribution in [0, 0.1) is 0 Å². The van der Waals surface area contributed by atoms with E-state index < -0.39 is 0 Å². The predicted molar refractivity (Wildman–Crippen MR) is 109 cm³/mol. The number of nitrogens with zero attached hydrogens (tertiary/aromatic N) is 4. The predicted octanol–water partition coefficient (Wildman–Crippen LogP) is 2.94. The Balaban J connectivity index is 1.37. The third kappa shape index (κ3) is 3.18. The van der Waals surface area contributed by atoms with Crippen LogP contribution in [0.1, 0.15) is 24.6 Å². The highest BCUT2D eigenvalue weighted by Gasteiger charge is 2.27. The normalized spacial score (nSPS) is 17.1. The Labute approximate surface area is 166 Å². The summed E-state index contributed by atoms with van der Waals surface area (Å²) in [6.45, 7) is 1.18. The maximum Gasteiger partial charge on any atom is 0.261 e. The molecule has 0 aliphatic carbocycles. The van der Waals surface area contributed by atoms with Gasteiger partial charge in [-0.2, -0.15) is 0 Å². The Kier molecular flexibility index (Phi) is 4.35. The zero-order valence-corrected chi connectivity index (χ0v) is 15.8. The Morgan fingerprint density at radius 1 is 1.10 bits per heavy atom. The summed E-state index contributed by atoms with van der Waals surface area (Å²) in [6, 6.07) is 14.8. The van der Waals surface area contributed by atoms with Gasteiger partial charge < -0.3 is 9.42 Å². The summed E-state index contributed by atoms with van der Waals surface area (Å²) in [5.74, 6) is -0.00412. The summed E-state index contributed by atoms with van der Waals surface area (Å²) in [7, 11) is 0. The van der Waals surface area contributed by atoms with Crippen molar-refractivity contribution in [2.45, 2.75) is 25.3 Å². The first-order chi connectivity index (χ1) is 14.2. The average Bonchev–Trinajstić information content (AvgIpc) is 3.17. The van der Waals surface area contributed by atoms with Crippen LogP contribution in [0.3, 0.4) is 0 Å². The maximum absolute atomic E-state index is 12.9. The number of hydrogen-bond donors (Lipinski definition) is 0. The van der Waals surface area contributed by atoms with E-state index in [2.05, 4.69) is 10.1 Å². The van der Waals surface area contributed by atoms with Crippen LogP contribution in [0.2, 0.25) is 0 Å². The first kappa shape index (κ1) is 17.6. The van der Waals surface area contributed by atoms with Gasteiger partial charge in [-0.15, -0.1) is 0 Å². The summed E-state index contributed by atoms with van der Waals surface area (Å²) in [6.07, 6.45) is 3.48. The zero-order valence-electron chi connectivity index (χ0n) is 15.8. The van der Waals surface area contributed by atoms with Crippen molar-refractivity contribution in [1.82, 2.24) is 19.6 Å². The van der Waals surface area contributed by atoms with Gasteiger partial charge in [0, 0.05) is 18.5 Å². The lowest BCUT2D eigenvalue weighted by Crippen LogP contribution is -2.43. The number of benzene rings is 2. The number of carbonyl (C=O) groups excluding carboxylic acids is 1. The lowest BCUT2D eigenvalue weighted by Gasteiger charge is -2.33. The molecule has 2 aromatic carbocycles. The van der Waals surface area contributed by atoms with Gasteiger partial charge >= 0.3 is 0 Å². The number of carbonyl (C=O) groups is 1. The minimum atomic E-state index is -0.0774. The highest BCUT2D eigenvalue weighted by atomic mass is 16.5. The number of piperidine rings is 1. The Morgan fingerprint density at radius 2 is 1.90 bits per heavy atom. The van der Waals surface area contributed by atoms with Gasteiger partial charge in [-0.05, 0) is 37.1 Å². The molecule has 2 aromatic heterocycles. The fraction of sp³-hybridized carbons (Fsp3) is 0.273. The first-order valence-corrected chi connectivity index (χ1v) is 9.77. The lowest BCUT2D eigenvalue weighted by atomic mass is 10.0. The summed E-state index contributed by atoms with van der Waals surface area (Å²) in [5, 5.41) is 5.54. The van der Waals surface area contributed by atoms with E-state index in [0.29, 0.717) is 35.3 Å². The van der Waals surface area contributed by atoms with Crippen LogP contribution in [0.5, 0.6) is 0 Å². The number of para-hydroxylation sites is 2. The monoisotopic (exact) mass is 388 g/mol. The molecule has 1 amide bonds. The molecule has 4 aromatic rings. The minimum Gasteiger partial charge on any atom is -0.356 e. The number of rotatable bonds is 3. The van der Waals surface area contributed by atoms with Crippen molar-refractivity contribution in [2.24, 2.45) is 0 Å². The smallest absolute Gasteiger partial charge is 0.261 e. The van der Waals surface area contributed by atoms with Crippen LogP contribution < -0.4 is 5.56 Å². The molecule has 0 saturated carbocycles. The average molecular weight is 388 g/mol. The third-order valence-electron chi connectivity index (χ3n) is 5.60. The van der Waals surface area contributed by atoms with Crippen molar-refractivity contribution in [3.8, 4) is 0 Å². The minimum absolute atomic E-state index is 0.00412. The Morgan fingerprint density at radius 3 is 2.79 bits per heavy atom. The number of amides is 1. The molecule has 1 fully saturated rings. The molecular weight excluding hydrogens is 368 g/mol. The van der Waals surface area contributed by atoms with E-state index in [1.165, 1.54) is 0 Å². The molecule has 1 aliphatic rings. The molecule has 1 unspecified atom stereocenters. The van der Waals surface area contributed by atoms with Crippen molar-refractivity contribution in [1.29, 1.82) is 0 Å². The van der Waals surface area contributed by atoms with Crippen molar-refractivity contribution in [3.63, 3.8) is 0 Å². The molecule has 29 heavy (non-hydrogen) atoms. The molecule has 7 nitrogen and oxygen atoms in total.